The van der Waals surface area contributed by atoms with Crippen molar-refractivity contribution in [1.29, 1.82) is 0 Å². The standard InChI is InChI=1S/C15H15Cl2N3O/c1-15(2,3)9-4-6-10(7-5-9)18-13(21)11-8-12(16)20-14(17)19-11/h4-8H,1-3H3,(H,18,21). The molecule has 0 aliphatic carbocycles. The van der Waals surface area contributed by atoms with Crippen LogP contribution >= 0.6 is 23.2 Å². The number of aromatic nitrogens is 2. The molecule has 0 spiro atoms. The summed E-state index contributed by atoms with van der Waals surface area (Å²) in [6.07, 6.45) is 0. The third kappa shape index (κ3) is 4.16. The Morgan fingerprint density at radius 3 is 2.24 bits per heavy atom. The molecule has 6 heteroatoms. The van der Waals surface area contributed by atoms with E-state index in [4.69, 9.17) is 23.2 Å². The average Bonchev–Trinajstić information content (AvgIpc) is 2.37. The Morgan fingerprint density at radius 1 is 1.10 bits per heavy atom. The number of carbonyl (C=O) groups excluding carboxylic acids is 1. The fourth-order valence-electron chi connectivity index (χ4n) is 1.75. The van der Waals surface area contributed by atoms with Crippen molar-refractivity contribution in [3.05, 3.63) is 52.0 Å². The molecule has 0 saturated heterocycles. The predicted molar refractivity (Wildman–Crippen MR) is 85.1 cm³/mol. The van der Waals surface area contributed by atoms with Crippen LogP contribution in [0, 0.1) is 0 Å². The molecule has 1 amide bonds. The van der Waals surface area contributed by atoms with Gasteiger partial charge < -0.3 is 5.32 Å². The SMILES string of the molecule is CC(C)(C)c1ccc(NC(=O)c2cc(Cl)nc(Cl)n2)cc1. The highest BCUT2D eigenvalue weighted by Crippen LogP contribution is 2.23. The third-order valence-electron chi connectivity index (χ3n) is 2.91. The van der Waals surface area contributed by atoms with Gasteiger partial charge in [-0.05, 0) is 34.7 Å². The van der Waals surface area contributed by atoms with E-state index in [1.807, 2.05) is 24.3 Å². The zero-order chi connectivity index (χ0) is 15.6. The number of hydrogen-bond donors (Lipinski definition) is 1. The number of nitrogens with zero attached hydrogens (tertiary/aromatic N) is 2. The van der Waals surface area contributed by atoms with Gasteiger partial charge in [-0.1, -0.05) is 44.5 Å². The molecule has 1 N–H and O–H groups in total. The lowest BCUT2D eigenvalue weighted by atomic mass is 9.87. The van der Waals surface area contributed by atoms with E-state index >= 15 is 0 Å². The van der Waals surface area contributed by atoms with Crippen LogP contribution in [0.15, 0.2) is 30.3 Å². The van der Waals surface area contributed by atoms with Crippen molar-refractivity contribution in [2.24, 2.45) is 0 Å². The average molecular weight is 324 g/mol. The molecule has 0 bridgehead atoms. The minimum atomic E-state index is -0.385. The number of rotatable bonds is 2. The van der Waals surface area contributed by atoms with Crippen LogP contribution in [0.1, 0.15) is 36.8 Å². The molecule has 21 heavy (non-hydrogen) atoms. The Labute approximate surface area is 133 Å². The first-order valence-electron chi connectivity index (χ1n) is 6.38. The first kappa shape index (κ1) is 15.7. The third-order valence-corrected chi connectivity index (χ3v) is 3.27. The number of carbonyl (C=O) groups is 1. The normalized spacial score (nSPS) is 11.3. The second kappa shape index (κ2) is 6.00. The maximum absolute atomic E-state index is 12.1. The second-order valence-corrected chi connectivity index (χ2v) is 6.35. The Balaban J connectivity index is 2.16. The van der Waals surface area contributed by atoms with Crippen molar-refractivity contribution in [3.63, 3.8) is 0 Å². The number of hydrogen-bond acceptors (Lipinski definition) is 3. The summed E-state index contributed by atoms with van der Waals surface area (Å²) < 4.78 is 0. The molecule has 2 aromatic rings. The van der Waals surface area contributed by atoms with Crippen LogP contribution < -0.4 is 5.32 Å². The van der Waals surface area contributed by atoms with E-state index in [2.05, 4.69) is 36.1 Å². The second-order valence-electron chi connectivity index (χ2n) is 5.63. The molecule has 0 aliphatic rings. The van der Waals surface area contributed by atoms with Gasteiger partial charge in [0.2, 0.25) is 5.28 Å². The lowest BCUT2D eigenvalue weighted by molar-refractivity contribution is 0.102. The fourth-order valence-corrected chi connectivity index (χ4v) is 2.16. The van der Waals surface area contributed by atoms with Crippen LogP contribution in [0.3, 0.4) is 0 Å². The maximum atomic E-state index is 12.1. The molecular formula is C15H15Cl2N3O. The predicted octanol–water partition coefficient (Wildman–Crippen LogP) is 4.33. The number of halogens is 2. The van der Waals surface area contributed by atoms with Gasteiger partial charge in [-0.25, -0.2) is 9.97 Å². The fraction of sp³-hybridized carbons (Fsp3) is 0.267. The van der Waals surface area contributed by atoms with Gasteiger partial charge in [-0.2, -0.15) is 0 Å². The summed E-state index contributed by atoms with van der Waals surface area (Å²) in [4.78, 5) is 19.6. The van der Waals surface area contributed by atoms with Crippen molar-refractivity contribution in [2.75, 3.05) is 5.32 Å². The monoisotopic (exact) mass is 323 g/mol. The van der Waals surface area contributed by atoms with Gasteiger partial charge in [-0.3, -0.25) is 4.79 Å². The van der Waals surface area contributed by atoms with Crippen LogP contribution in [0.2, 0.25) is 10.4 Å². The molecule has 1 aromatic heterocycles. The zero-order valence-corrected chi connectivity index (χ0v) is 13.5. The largest absolute Gasteiger partial charge is 0.321 e. The van der Waals surface area contributed by atoms with E-state index in [0.29, 0.717) is 5.69 Å². The number of anilines is 1. The van der Waals surface area contributed by atoms with Gasteiger partial charge in [0.05, 0.1) is 0 Å². The van der Waals surface area contributed by atoms with Crippen LogP contribution in [-0.2, 0) is 5.41 Å². The number of benzene rings is 1. The Hall–Kier alpha value is -1.65. The summed E-state index contributed by atoms with van der Waals surface area (Å²) in [6, 6.07) is 9.03. The van der Waals surface area contributed by atoms with Crippen LogP contribution in [0.4, 0.5) is 5.69 Å². The van der Waals surface area contributed by atoms with E-state index in [9.17, 15) is 4.79 Å². The first-order chi connectivity index (χ1) is 9.75. The van der Waals surface area contributed by atoms with Crippen LogP contribution in [-0.4, -0.2) is 15.9 Å². The minimum absolute atomic E-state index is 0.0595. The summed E-state index contributed by atoms with van der Waals surface area (Å²) in [7, 11) is 0. The van der Waals surface area contributed by atoms with Crippen molar-refractivity contribution in [2.45, 2.75) is 26.2 Å². The molecule has 1 heterocycles. The smallest absolute Gasteiger partial charge is 0.274 e. The molecule has 1 aromatic carbocycles. The molecular weight excluding hydrogens is 309 g/mol. The van der Waals surface area contributed by atoms with Crippen molar-refractivity contribution in [3.8, 4) is 0 Å². The van der Waals surface area contributed by atoms with Crippen molar-refractivity contribution in [1.82, 2.24) is 9.97 Å². The van der Waals surface area contributed by atoms with Crippen molar-refractivity contribution < 1.29 is 4.79 Å². The molecule has 0 unspecified atom stereocenters. The quantitative estimate of drug-likeness (QED) is 0.661. The summed E-state index contributed by atoms with van der Waals surface area (Å²) in [5.74, 6) is -0.385. The van der Waals surface area contributed by atoms with Crippen LogP contribution in [0.5, 0.6) is 0 Å². The lowest BCUT2D eigenvalue weighted by Crippen LogP contribution is -2.15. The summed E-state index contributed by atoms with van der Waals surface area (Å²) >= 11 is 11.4. The first-order valence-corrected chi connectivity index (χ1v) is 7.13. The molecule has 4 nitrogen and oxygen atoms in total. The maximum Gasteiger partial charge on any atom is 0.274 e. The number of amides is 1. The van der Waals surface area contributed by atoms with Gasteiger partial charge in [0.15, 0.2) is 0 Å². The highest BCUT2D eigenvalue weighted by Gasteiger charge is 2.14. The Bertz CT molecular complexity index is 643. The highest BCUT2D eigenvalue weighted by atomic mass is 35.5. The van der Waals surface area contributed by atoms with Gasteiger partial charge in [-0.15, -0.1) is 0 Å². The molecule has 0 atom stereocenters. The number of nitrogens with one attached hydrogen (secondary N) is 1. The molecule has 2 rings (SSSR count). The van der Waals surface area contributed by atoms with Gasteiger partial charge in [0.25, 0.3) is 5.91 Å². The molecule has 0 aliphatic heterocycles. The van der Waals surface area contributed by atoms with E-state index in [1.165, 1.54) is 11.6 Å². The summed E-state index contributed by atoms with van der Waals surface area (Å²) in [5, 5.41) is 2.81. The molecule has 0 saturated carbocycles. The lowest BCUT2D eigenvalue weighted by Gasteiger charge is -2.19. The van der Waals surface area contributed by atoms with E-state index in [-0.39, 0.29) is 27.5 Å². The zero-order valence-electron chi connectivity index (χ0n) is 11.9. The van der Waals surface area contributed by atoms with E-state index in [1.54, 1.807) is 0 Å². The summed E-state index contributed by atoms with van der Waals surface area (Å²) in [5.41, 5.74) is 2.06. The molecule has 110 valence electrons. The minimum Gasteiger partial charge on any atom is -0.321 e. The van der Waals surface area contributed by atoms with Crippen LogP contribution in [0.25, 0.3) is 0 Å². The van der Waals surface area contributed by atoms with Crippen molar-refractivity contribution >= 4 is 34.8 Å². The van der Waals surface area contributed by atoms with Gasteiger partial charge >= 0.3 is 0 Å². The summed E-state index contributed by atoms with van der Waals surface area (Å²) in [6.45, 7) is 6.39. The van der Waals surface area contributed by atoms with Gasteiger partial charge in [0.1, 0.15) is 10.8 Å². The topological polar surface area (TPSA) is 54.9 Å². The highest BCUT2D eigenvalue weighted by molar-refractivity contribution is 6.32. The molecule has 0 fully saturated rings. The molecule has 0 radical (unpaired) electrons. The Kier molecular flexibility index (Phi) is 4.49. The van der Waals surface area contributed by atoms with E-state index < -0.39 is 0 Å². The van der Waals surface area contributed by atoms with E-state index in [0.717, 1.165) is 0 Å². The Morgan fingerprint density at radius 2 is 1.71 bits per heavy atom. The van der Waals surface area contributed by atoms with Gasteiger partial charge in [0, 0.05) is 11.8 Å².